The maximum atomic E-state index is 12.9. The van der Waals surface area contributed by atoms with Crippen LogP contribution in [0.3, 0.4) is 0 Å². The molecule has 4 aliphatic rings. The van der Waals surface area contributed by atoms with Gasteiger partial charge in [0.1, 0.15) is 11.2 Å². The summed E-state index contributed by atoms with van der Waals surface area (Å²) in [7, 11) is 0. The average molecular weight is 741 g/mol. The number of carbonyl (C=O) groups excluding carboxylic acids is 2. The van der Waals surface area contributed by atoms with Gasteiger partial charge in [-0.3, -0.25) is 0 Å². The molecule has 0 radical (unpaired) electrons. The summed E-state index contributed by atoms with van der Waals surface area (Å²) in [4.78, 5) is 29.8. The van der Waals surface area contributed by atoms with Gasteiger partial charge >= 0.3 is 12.2 Å². The van der Waals surface area contributed by atoms with Gasteiger partial charge in [0.15, 0.2) is 0 Å². The molecule has 2 fully saturated rings. The van der Waals surface area contributed by atoms with Gasteiger partial charge < -0.3 is 29.9 Å². The summed E-state index contributed by atoms with van der Waals surface area (Å²) < 4.78 is 11.5. The van der Waals surface area contributed by atoms with Crippen LogP contribution >= 0.6 is 22.7 Å². The van der Waals surface area contributed by atoms with E-state index >= 15 is 0 Å². The number of hydrogen-bond acceptors (Lipinski definition) is 8. The molecule has 52 heavy (non-hydrogen) atoms. The Morgan fingerprint density at radius 3 is 1.38 bits per heavy atom. The van der Waals surface area contributed by atoms with Crippen LogP contribution in [-0.4, -0.2) is 46.3 Å². The fourth-order valence-electron chi connectivity index (χ4n) is 8.83. The summed E-state index contributed by atoms with van der Waals surface area (Å²) in [6.07, 6.45) is 1.45. The first-order valence-corrected chi connectivity index (χ1v) is 20.2. The van der Waals surface area contributed by atoms with Gasteiger partial charge in [-0.25, -0.2) is 9.59 Å². The molecule has 8 nitrogen and oxygen atoms in total. The van der Waals surface area contributed by atoms with Crippen LogP contribution in [0.25, 0.3) is 0 Å². The summed E-state index contributed by atoms with van der Waals surface area (Å²) >= 11 is 3.43. The highest BCUT2D eigenvalue weighted by Crippen LogP contribution is 2.61. The van der Waals surface area contributed by atoms with E-state index in [-0.39, 0.29) is 47.2 Å². The van der Waals surface area contributed by atoms with Crippen molar-refractivity contribution in [2.75, 3.05) is 23.7 Å². The molecule has 2 N–H and O–H groups in total. The Morgan fingerprint density at radius 2 is 1.04 bits per heavy atom. The van der Waals surface area contributed by atoms with E-state index in [1.165, 1.54) is 22.3 Å². The number of nitrogens with zero attached hydrogens (tertiary/aromatic N) is 2. The SMILES string of the molecule is CC(C)(C)OC(=O)N1CC[C@@]2(C)[C@@H](c3ccsc3)Nc3ccccc3[C@@H]12.CC(C)(C)OC(=O)N1CC[C@@]2(C)[C@@H]1c1ccccc1N[C@H]2c1ccsc1. The zero-order valence-electron chi connectivity index (χ0n) is 31.6. The molecule has 6 atom stereocenters. The van der Waals surface area contributed by atoms with E-state index in [0.29, 0.717) is 13.1 Å². The Bertz CT molecular complexity index is 1760. The minimum atomic E-state index is -0.491. The van der Waals surface area contributed by atoms with Crippen molar-refractivity contribution in [3.05, 3.63) is 104 Å². The number of amides is 2. The van der Waals surface area contributed by atoms with Crippen molar-refractivity contribution in [3.8, 4) is 0 Å². The van der Waals surface area contributed by atoms with Gasteiger partial charge in [-0.05, 0) is 122 Å². The Kier molecular flexibility index (Phi) is 9.39. The second-order valence-electron chi connectivity index (χ2n) is 17.1. The molecule has 10 heteroatoms. The first-order valence-electron chi connectivity index (χ1n) is 18.3. The lowest BCUT2D eigenvalue weighted by molar-refractivity contribution is 0.0138. The fourth-order valence-corrected chi connectivity index (χ4v) is 10.2. The van der Waals surface area contributed by atoms with Gasteiger partial charge in [-0.2, -0.15) is 22.7 Å². The quantitative estimate of drug-likeness (QED) is 0.213. The minimum Gasteiger partial charge on any atom is -0.444 e. The molecule has 0 saturated carbocycles. The second kappa shape index (κ2) is 13.4. The minimum absolute atomic E-state index is 0.0136. The molecule has 4 aliphatic heterocycles. The van der Waals surface area contributed by atoms with Gasteiger partial charge in [-0.1, -0.05) is 50.2 Å². The highest BCUT2D eigenvalue weighted by molar-refractivity contribution is 7.08. The lowest BCUT2D eigenvalue weighted by Gasteiger charge is -2.46. The Hall–Kier alpha value is -4.02. The van der Waals surface area contributed by atoms with Gasteiger partial charge in [0.25, 0.3) is 0 Å². The highest BCUT2D eigenvalue weighted by atomic mass is 32.1. The van der Waals surface area contributed by atoms with E-state index in [4.69, 9.17) is 9.47 Å². The summed E-state index contributed by atoms with van der Waals surface area (Å²) in [6.45, 7) is 17.6. The smallest absolute Gasteiger partial charge is 0.410 e. The summed E-state index contributed by atoms with van der Waals surface area (Å²) in [5.74, 6) is 0. The first kappa shape index (κ1) is 36.3. The number of rotatable bonds is 2. The van der Waals surface area contributed by atoms with Crippen LogP contribution in [-0.2, 0) is 9.47 Å². The van der Waals surface area contributed by atoms with Crippen molar-refractivity contribution in [3.63, 3.8) is 0 Å². The number of anilines is 2. The van der Waals surface area contributed by atoms with Crippen molar-refractivity contribution >= 4 is 46.2 Å². The average Bonchev–Trinajstić information content (AvgIpc) is 3.89. The molecular formula is C42H52N4O4S2. The maximum absolute atomic E-state index is 12.9. The monoisotopic (exact) mass is 740 g/mol. The molecule has 2 aromatic carbocycles. The predicted molar refractivity (Wildman–Crippen MR) is 211 cm³/mol. The van der Waals surface area contributed by atoms with Gasteiger partial charge in [0, 0.05) is 35.3 Å². The Morgan fingerprint density at radius 1 is 0.654 bits per heavy atom. The molecule has 2 aromatic heterocycles. The molecule has 276 valence electrons. The van der Waals surface area contributed by atoms with Crippen LogP contribution in [0.4, 0.5) is 21.0 Å². The van der Waals surface area contributed by atoms with Crippen LogP contribution in [0, 0.1) is 10.8 Å². The first-order chi connectivity index (χ1) is 24.6. The number of benzene rings is 2. The Labute approximate surface area is 316 Å². The molecule has 0 unspecified atom stereocenters. The van der Waals surface area contributed by atoms with Crippen molar-refractivity contribution < 1.29 is 19.1 Å². The third kappa shape index (κ3) is 6.68. The molecule has 2 saturated heterocycles. The number of thiophene rings is 2. The molecule has 4 aromatic rings. The molecule has 8 rings (SSSR count). The topological polar surface area (TPSA) is 83.1 Å². The van der Waals surface area contributed by atoms with Crippen LogP contribution in [0.2, 0.25) is 0 Å². The van der Waals surface area contributed by atoms with Crippen molar-refractivity contribution in [2.24, 2.45) is 10.8 Å². The molecule has 0 spiro atoms. The molecule has 0 aliphatic carbocycles. The van der Waals surface area contributed by atoms with Crippen LogP contribution in [0.1, 0.15) is 115 Å². The summed E-state index contributed by atoms with van der Waals surface area (Å²) in [5, 5.41) is 16.2. The van der Waals surface area contributed by atoms with E-state index in [1.54, 1.807) is 22.7 Å². The number of ether oxygens (including phenoxy) is 2. The summed E-state index contributed by atoms with van der Waals surface area (Å²) in [5.41, 5.74) is 6.05. The lowest BCUT2D eigenvalue weighted by Crippen LogP contribution is -2.44. The third-order valence-corrected chi connectivity index (χ3v) is 12.5. The molecular weight excluding hydrogens is 689 g/mol. The van der Waals surface area contributed by atoms with Gasteiger partial charge in [-0.15, -0.1) is 0 Å². The molecule has 2 amide bonds. The maximum Gasteiger partial charge on any atom is 0.410 e. The van der Waals surface area contributed by atoms with Crippen LogP contribution in [0.15, 0.2) is 82.2 Å². The number of fused-ring (bicyclic) bond motifs is 6. The number of carbonyl (C=O) groups is 2. The predicted octanol–water partition coefficient (Wildman–Crippen LogP) is 11.2. The van der Waals surface area contributed by atoms with E-state index in [9.17, 15) is 9.59 Å². The second-order valence-corrected chi connectivity index (χ2v) is 18.7. The highest BCUT2D eigenvalue weighted by Gasteiger charge is 2.57. The van der Waals surface area contributed by atoms with E-state index in [0.717, 1.165) is 24.2 Å². The van der Waals surface area contributed by atoms with Crippen molar-refractivity contribution in [2.45, 2.75) is 104 Å². The largest absolute Gasteiger partial charge is 0.444 e. The number of likely N-dealkylation sites (tertiary alicyclic amines) is 2. The third-order valence-electron chi connectivity index (χ3n) is 11.1. The number of nitrogens with one attached hydrogen (secondary N) is 2. The number of para-hydroxylation sites is 2. The van der Waals surface area contributed by atoms with Gasteiger partial charge in [0.2, 0.25) is 0 Å². The van der Waals surface area contributed by atoms with E-state index in [2.05, 4.69) is 94.5 Å². The van der Waals surface area contributed by atoms with Crippen molar-refractivity contribution in [1.82, 2.24) is 9.80 Å². The standard InChI is InChI=1S/2C21H26N2O2S/c2*1-20(2,3)25-19(24)23-11-10-21(4)17(14-9-12-26-13-14)22-16-8-6-5-7-15(16)18(21)23/h2*5-9,12-13,17-18,22H,10-11H2,1-4H3/t2*17-,18-,21+/m10/s1. The lowest BCUT2D eigenvalue weighted by atomic mass is 9.68. The normalized spacial score (nSPS) is 27.5. The zero-order chi connectivity index (χ0) is 37.1. The Balaban J connectivity index is 0.000000162. The zero-order valence-corrected chi connectivity index (χ0v) is 33.2. The van der Waals surface area contributed by atoms with Crippen LogP contribution < -0.4 is 10.6 Å². The van der Waals surface area contributed by atoms with Gasteiger partial charge in [0.05, 0.1) is 24.2 Å². The number of hydrogen-bond donors (Lipinski definition) is 2. The molecule has 6 heterocycles. The summed E-state index contributed by atoms with van der Waals surface area (Å²) in [6, 6.07) is 21.5. The van der Waals surface area contributed by atoms with E-state index < -0.39 is 11.2 Å². The molecule has 0 bridgehead atoms. The fraction of sp³-hybridized carbons (Fsp3) is 0.476. The van der Waals surface area contributed by atoms with Crippen molar-refractivity contribution in [1.29, 1.82) is 0 Å². The van der Waals surface area contributed by atoms with E-state index in [1.807, 2.05) is 63.5 Å². The van der Waals surface area contributed by atoms with Crippen LogP contribution in [0.5, 0.6) is 0 Å².